The minimum absolute atomic E-state index is 0.220. The summed E-state index contributed by atoms with van der Waals surface area (Å²) in [6.07, 6.45) is 5.83. The van der Waals surface area contributed by atoms with Crippen molar-refractivity contribution in [2.75, 3.05) is 0 Å². The van der Waals surface area contributed by atoms with Gasteiger partial charge in [-0.1, -0.05) is 6.08 Å². The molecule has 0 bridgehead atoms. The second-order valence-corrected chi connectivity index (χ2v) is 2.54. The van der Waals surface area contributed by atoms with E-state index in [0.717, 1.165) is 0 Å². The van der Waals surface area contributed by atoms with Gasteiger partial charge in [-0.2, -0.15) is 0 Å². The number of rotatable bonds is 2. The van der Waals surface area contributed by atoms with E-state index in [1.807, 2.05) is 18.2 Å². The van der Waals surface area contributed by atoms with Gasteiger partial charge in [-0.15, -0.1) is 6.58 Å². The lowest BCUT2D eigenvalue weighted by molar-refractivity contribution is 0.394. The maximum atomic E-state index is 5.31. The fourth-order valence-electron chi connectivity index (χ4n) is 1.12. The van der Waals surface area contributed by atoms with Crippen molar-refractivity contribution in [1.82, 2.24) is 4.98 Å². The number of hydrogen-bond donors (Lipinski definition) is 0. The standard InChI is InChI=1S/C9H9NO/c1-2-8-9(11-8)7-3-5-10-6-4-7/h2-6,8-9H,1H2/t8-,9-/m0/s1. The zero-order chi connectivity index (χ0) is 7.68. The zero-order valence-corrected chi connectivity index (χ0v) is 6.10. The van der Waals surface area contributed by atoms with Gasteiger partial charge in [0.2, 0.25) is 0 Å². The lowest BCUT2D eigenvalue weighted by Gasteiger charge is -1.90. The van der Waals surface area contributed by atoms with Crippen LogP contribution in [0.3, 0.4) is 0 Å². The van der Waals surface area contributed by atoms with E-state index in [0.29, 0.717) is 0 Å². The first kappa shape index (κ1) is 6.55. The Bertz CT molecular complexity index is 258. The van der Waals surface area contributed by atoms with Crippen LogP contribution in [0.1, 0.15) is 11.7 Å². The van der Waals surface area contributed by atoms with Gasteiger partial charge in [0, 0.05) is 12.4 Å². The van der Waals surface area contributed by atoms with E-state index in [9.17, 15) is 0 Å². The predicted octanol–water partition coefficient (Wildman–Crippen LogP) is 1.71. The first-order chi connectivity index (χ1) is 5.42. The van der Waals surface area contributed by atoms with Gasteiger partial charge in [-0.05, 0) is 17.7 Å². The van der Waals surface area contributed by atoms with Crippen LogP contribution in [0, 0.1) is 0 Å². The highest BCUT2D eigenvalue weighted by Gasteiger charge is 2.37. The van der Waals surface area contributed by atoms with Crippen LogP contribution < -0.4 is 0 Å². The second kappa shape index (κ2) is 2.47. The van der Waals surface area contributed by atoms with E-state index in [-0.39, 0.29) is 12.2 Å². The number of hydrogen-bond acceptors (Lipinski definition) is 2. The van der Waals surface area contributed by atoms with E-state index in [1.165, 1.54) is 5.56 Å². The molecule has 1 aliphatic heterocycles. The summed E-state index contributed by atoms with van der Waals surface area (Å²) in [7, 11) is 0. The Balaban J connectivity index is 2.14. The van der Waals surface area contributed by atoms with Crippen molar-refractivity contribution in [2.45, 2.75) is 12.2 Å². The van der Waals surface area contributed by atoms with Crippen molar-refractivity contribution in [3.05, 3.63) is 42.7 Å². The van der Waals surface area contributed by atoms with Crippen LogP contribution in [0.2, 0.25) is 0 Å². The van der Waals surface area contributed by atoms with E-state index in [4.69, 9.17) is 4.74 Å². The Labute approximate surface area is 65.5 Å². The van der Waals surface area contributed by atoms with E-state index in [1.54, 1.807) is 12.4 Å². The van der Waals surface area contributed by atoms with E-state index in [2.05, 4.69) is 11.6 Å². The molecule has 2 heterocycles. The largest absolute Gasteiger partial charge is 0.360 e. The molecule has 56 valence electrons. The third-order valence-electron chi connectivity index (χ3n) is 1.79. The predicted molar refractivity (Wildman–Crippen MR) is 42.0 cm³/mol. The summed E-state index contributed by atoms with van der Waals surface area (Å²) in [5, 5.41) is 0. The molecule has 0 saturated carbocycles. The number of nitrogens with zero attached hydrogens (tertiary/aromatic N) is 1. The highest BCUT2D eigenvalue weighted by molar-refractivity contribution is 5.21. The number of pyridine rings is 1. The van der Waals surface area contributed by atoms with Crippen LogP contribution >= 0.6 is 0 Å². The Morgan fingerprint density at radius 2 is 2.18 bits per heavy atom. The fourth-order valence-corrected chi connectivity index (χ4v) is 1.12. The highest BCUT2D eigenvalue weighted by atomic mass is 16.6. The van der Waals surface area contributed by atoms with E-state index >= 15 is 0 Å². The minimum atomic E-state index is 0.220. The van der Waals surface area contributed by atoms with Gasteiger partial charge in [0.05, 0.1) is 0 Å². The molecule has 0 radical (unpaired) electrons. The molecule has 1 fully saturated rings. The van der Waals surface area contributed by atoms with Crippen molar-refractivity contribution in [1.29, 1.82) is 0 Å². The molecule has 0 unspecified atom stereocenters. The smallest absolute Gasteiger partial charge is 0.113 e. The molecule has 0 aliphatic carbocycles. The molecule has 1 aromatic heterocycles. The lowest BCUT2D eigenvalue weighted by atomic mass is 10.1. The van der Waals surface area contributed by atoms with Crippen LogP contribution in [0.25, 0.3) is 0 Å². The van der Waals surface area contributed by atoms with Crippen molar-refractivity contribution in [3.63, 3.8) is 0 Å². The molecule has 2 nitrogen and oxygen atoms in total. The van der Waals surface area contributed by atoms with Gasteiger partial charge in [0.1, 0.15) is 12.2 Å². The molecular formula is C9H9NO. The zero-order valence-electron chi connectivity index (χ0n) is 6.10. The monoisotopic (exact) mass is 147 g/mol. The second-order valence-electron chi connectivity index (χ2n) is 2.54. The van der Waals surface area contributed by atoms with Crippen molar-refractivity contribution in [3.8, 4) is 0 Å². The summed E-state index contributed by atoms with van der Waals surface area (Å²) >= 11 is 0. The third kappa shape index (κ3) is 1.17. The molecular weight excluding hydrogens is 138 g/mol. The summed E-state index contributed by atoms with van der Waals surface area (Å²) in [5.41, 5.74) is 1.19. The Morgan fingerprint density at radius 3 is 2.73 bits per heavy atom. The average Bonchev–Trinajstić information content (AvgIpc) is 2.85. The molecule has 0 N–H and O–H groups in total. The molecule has 2 rings (SSSR count). The SMILES string of the molecule is C=C[C@@H]1O[C@H]1c1ccncc1. The first-order valence-electron chi connectivity index (χ1n) is 3.60. The Kier molecular flexibility index (Phi) is 1.47. The van der Waals surface area contributed by atoms with Gasteiger partial charge in [0.15, 0.2) is 0 Å². The molecule has 2 atom stereocenters. The average molecular weight is 147 g/mol. The summed E-state index contributed by atoms with van der Waals surface area (Å²) in [6.45, 7) is 3.66. The van der Waals surface area contributed by atoms with Crippen LogP contribution in [0.15, 0.2) is 37.2 Å². The fraction of sp³-hybridized carbons (Fsp3) is 0.222. The number of aromatic nitrogens is 1. The molecule has 0 amide bonds. The molecule has 0 spiro atoms. The first-order valence-corrected chi connectivity index (χ1v) is 3.60. The van der Waals surface area contributed by atoms with Crippen LogP contribution in [-0.2, 0) is 4.74 Å². The maximum Gasteiger partial charge on any atom is 0.113 e. The summed E-state index contributed by atoms with van der Waals surface area (Å²) in [6, 6.07) is 3.93. The molecule has 1 aliphatic rings. The highest BCUT2D eigenvalue weighted by Crippen LogP contribution is 2.38. The number of ether oxygens (including phenoxy) is 1. The van der Waals surface area contributed by atoms with Crippen molar-refractivity contribution >= 4 is 0 Å². The summed E-state index contributed by atoms with van der Waals surface area (Å²) in [5.74, 6) is 0. The van der Waals surface area contributed by atoms with Gasteiger partial charge >= 0.3 is 0 Å². The maximum absolute atomic E-state index is 5.31. The number of epoxide rings is 1. The summed E-state index contributed by atoms with van der Waals surface area (Å²) < 4.78 is 5.31. The van der Waals surface area contributed by atoms with Gasteiger partial charge < -0.3 is 4.74 Å². The third-order valence-corrected chi connectivity index (χ3v) is 1.79. The van der Waals surface area contributed by atoms with Gasteiger partial charge in [0.25, 0.3) is 0 Å². The van der Waals surface area contributed by atoms with Crippen LogP contribution in [-0.4, -0.2) is 11.1 Å². The van der Waals surface area contributed by atoms with Crippen molar-refractivity contribution < 1.29 is 4.74 Å². The summed E-state index contributed by atoms with van der Waals surface area (Å²) in [4.78, 5) is 3.93. The van der Waals surface area contributed by atoms with Gasteiger partial charge in [-0.25, -0.2) is 0 Å². The Hall–Kier alpha value is -1.15. The Morgan fingerprint density at radius 1 is 1.45 bits per heavy atom. The van der Waals surface area contributed by atoms with Crippen LogP contribution in [0.4, 0.5) is 0 Å². The van der Waals surface area contributed by atoms with Crippen molar-refractivity contribution in [2.24, 2.45) is 0 Å². The minimum Gasteiger partial charge on any atom is -0.360 e. The molecule has 11 heavy (non-hydrogen) atoms. The normalized spacial score (nSPS) is 28.0. The van der Waals surface area contributed by atoms with Gasteiger partial charge in [-0.3, -0.25) is 4.98 Å². The molecule has 1 aromatic rings. The quantitative estimate of drug-likeness (QED) is 0.470. The topological polar surface area (TPSA) is 25.4 Å². The molecule has 0 aromatic carbocycles. The van der Waals surface area contributed by atoms with Crippen LogP contribution in [0.5, 0.6) is 0 Å². The molecule has 1 saturated heterocycles. The lowest BCUT2D eigenvalue weighted by Crippen LogP contribution is -1.83. The molecule has 2 heteroatoms. The van der Waals surface area contributed by atoms with E-state index < -0.39 is 0 Å².